The molecule has 0 atom stereocenters. The summed E-state index contributed by atoms with van der Waals surface area (Å²) in [7, 11) is -0.940. The van der Waals surface area contributed by atoms with Gasteiger partial charge < -0.3 is 0 Å². The molecule has 4 aromatic rings. The molecule has 0 fully saturated rings. The van der Waals surface area contributed by atoms with Gasteiger partial charge in [0.15, 0.2) is 0 Å². The SMILES string of the molecule is CC(P(c1ccccc1)c1ccccc1)P(c1ccccc1)c1ccccc1.CCl.[Pd+2]. The second-order valence-electron chi connectivity index (χ2n) is 6.71. The Hall–Kier alpha value is -1.31. The monoisotopic (exact) mass is 554 g/mol. The summed E-state index contributed by atoms with van der Waals surface area (Å²) in [5.41, 5.74) is 0. The second-order valence-corrected chi connectivity index (χ2v) is 12.2. The van der Waals surface area contributed by atoms with Crippen LogP contribution >= 0.6 is 27.4 Å². The van der Waals surface area contributed by atoms with Crippen LogP contribution in [0.4, 0.5) is 0 Å². The zero-order valence-electron chi connectivity index (χ0n) is 17.7. The molecule has 0 heterocycles. The minimum atomic E-state index is -0.470. The Morgan fingerprint density at radius 3 is 0.839 bits per heavy atom. The summed E-state index contributed by atoms with van der Waals surface area (Å²) in [4.78, 5) is 0. The molecule has 4 aromatic carbocycles. The Labute approximate surface area is 208 Å². The van der Waals surface area contributed by atoms with Crippen LogP contribution in [0.2, 0.25) is 0 Å². The molecule has 0 aliphatic carbocycles. The van der Waals surface area contributed by atoms with Gasteiger partial charge in [-0.3, -0.25) is 0 Å². The van der Waals surface area contributed by atoms with Crippen molar-refractivity contribution in [2.75, 3.05) is 6.38 Å². The number of alkyl halides is 1. The van der Waals surface area contributed by atoms with Crippen LogP contribution in [0.25, 0.3) is 0 Å². The van der Waals surface area contributed by atoms with E-state index in [0.717, 1.165) is 0 Å². The summed E-state index contributed by atoms with van der Waals surface area (Å²) >= 11 is 4.64. The number of benzene rings is 4. The van der Waals surface area contributed by atoms with E-state index in [4.69, 9.17) is 0 Å². The van der Waals surface area contributed by atoms with Gasteiger partial charge in [-0.1, -0.05) is 128 Å². The molecular weight excluding hydrogens is 528 g/mol. The van der Waals surface area contributed by atoms with E-state index in [2.05, 4.69) is 140 Å². The third kappa shape index (κ3) is 6.83. The van der Waals surface area contributed by atoms with Gasteiger partial charge in [-0.05, 0) is 37.1 Å². The van der Waals surface area contributed by atoms with E-state index in [1.165, 1.54) is 27.6 Å². The van der Waals surface area contributed by atoms with Gasteiger partial charge in [-0.25, -0.2) is 0 Å². The van der Waals surface area contributed by atoms with Crippen LogP contribution in [-0.4, -0.2) is 11.8 Å². The fourth-order valence-corrected chi connectivity index (χ4v) is 10.5. The van der Waals surface area contributed by atoms with E-state index >= 15 is 0 Å². The zero-order chi connectivity index (χ0) is 21.2. The van der Waals surface area contributed by atoms with Gasteiger partial charge in [-0.15, -0.1) is 11.6 Å². The summed E-state index contributed by atoms with van der Waals surface area (Å²) < 4.78 is 0. The predicted octanol–water partition coefficient (Wildman–Crippen LogP) is 6.45. The molecule has 0 aromatic heterocycles. The van der Waals surface area contributed by atoms with Crippen molar-refractivity contribution in [3.05, 3.63) is 121 Å². The first-order valence-electron chi connectivity index (χ1n) is 10.0. The average molecular weight is 555 g/mol. The van der Waals surface area contributed by atoms with Crippen LogP contribution in [0.1, 0.15) is 6.92 Å². The molecule has 0 radical (unpaired) electrons. The van der Waals surface area contributed by atoms with Crippen molar-refractivity contribution in [1.29, 1.82) is 0 Å². The Bertz CT molecular complexity index is 821. The number of hydrogen-bond acceptors (Lipinski definition) is 0. The fraction of sp³-hybridized carbons (Fsp3) is 0.111. The average Bonchev–Trinajstić information content (AvgIpc) is 2.84. The molecule has 0 aliphatic heterocycles. The van der Waals surface area contributed by atoms with E-state index in [9.17, 15) is 0 Å². The maximum Gasteiger partial charge on any atom is 2.00 e. The number of rotatable bonds is 6. The summed E-state index contributed by atoms with van der Waals surface area (Å²) in [6, 6.07) is 44.3. The number of halogens is 1. The van der Waals surface area contributed by atoms with Gasteiger partial charge in [0.2, 0.25) is 0 Å². The Balaban J connectivity index is 0.00000111. The van der Waals surface area contributed by atoms with Crippen molar-refractivity contribution < 1.29 is 20.4 Å². The molecule has 4 heteroatoms. The maximum atomic E-state index is 4.64. The first kappa shape index (κ1) is 25.9. The molecule has 31 heavy (non-hydrogen) atoms. The summed E-state index contributed by atoms with van der Waals surface area (Å²) in [6.07, 6.45) is 1.47. The molecule has 0 nitrogen and oxygen atoms in total. The Kier molecular flexibility index (Phi) is 11.7. The van der Waals surface area contributed by atoms with Crippen LogP contribution in [-0.2, 0) is 20.4 Å². The third-order valence-corrected chi connectivity index (χ3v) is 11.2. The Morgan fingerprint density at radius 2 is 0.645 bits per heavy atom. The fourth-order valence-electron chi connectivity index (χ4n) is 3.63. The van der Waals surface area contributed by atoms with Crippen molar-refractivity contribution in [2.24, 2.45) is 0 Å². The normalized spacial score (nSPS) is 10.4. The largest absolute Gasteiger partial charge is 2.00 e. The van der Waals surface area contributed by atoms with Crippen molar-refractivity contribution in [1.82, 2.24) is 0 Å². The standard InChI is InChI=1S/C26H24P2.CH3Cl.Pd/c1-22(27(23-14-6-2-7-15-23)24-16-8-3-9-17-24)28(25-18-10-4-11-19-25)26-20-12-5-13-21-26;1-2;/h2-22H,1H3;1H3;/q;;+2. The van der Waals surface area contributed by atoms with E-state index in [1.807, 2.05) is 0 Å². The summed E-state index contributed by atoms with van der Waals surface area (Å²) in [5.74, 6) is 0. The molecule has 4 rings (SSSR count). The topological polar surface area (TPSA) is 0 Å². The van der Waals surface area contributed by atoms with E-state index < -0.39 is 15.8 Å². The smallest absolute Gasteiger partial charge is 0.130 e. The second kappa shape index (κ2) is 14.0. The van der Waals surface area contributed by atoms with Crippen molar-refractivity contribution in [3.63, 3.8) is 0 Å². The first-order valence-corrected chi connectivity index (χ1v) is 13.6. The van der Waals surface area contributed by atoms with Crippen LogP contribution in [0.5, 0.6) is 0 Å². The van der Waals surface area contributed by atoms with Gasteiger partial charge in [0.1, 0.15) is 0 Å². The maximum absolute atomic E-state index is 4.64. The van der Waals surface area contributed by atoms with Gasteiger partial charge in [0.25, 0.3) is 0 Å². The van der Waals surface area contributed by atoms with Crippen LogP contribution in [0.3, 0.4) is 0 Å². The molecule has 0 amide bonds. The van der Waals surface area contributed by atoms with Crippen molar-refractivity contribution in [3.8, 4) is 0 Å². The molecule has 0 saturated carbocycles. The Morgan fingerprint density at radius 1 is 0.452 bits per heavy atom. The third-order valence-electron chi connectivity index (χ3n) is 4.88. The van der Waals surface area contributed by atoms with E-state index in [0.29, 0.717) is 5.40 Å². The molecule has 0 bridgehead atoms. The van der Waals surface area contributed by atoms with Crippen molar-refractivity contribution in [2.45, 2.75) is 12.3 Å². The van der Waals surface area contributed by atoms with Gasteiger partial charge in [0, 0.05) is 11.8 Å². The number of hydrogen-bond donors (Lipinski definition) is 0. The van der Waals surface area contributed by atoms with Gasteiger partial charge in [-0.2, -0.15) is 0 Å². The van der Waals surface area contributed by atoms with E-state index in [1.54, 1.807) is 0 Å². The molecule has 160 valence electrons. The molecule has 0 N–H and O–H groups in total. The van der Waals surface area contributed by atoms with Gasteiger partial charge in [0.05, 0.1) is 0 Å². The van der Waals surface area contributed by atoms with Gasteiger partial charge >= 0.3 is 20.4 Å². The van der Waals surface area contributed by atoms with Crippen LogP contribution in [0, 0.1) is 0 Å². The molecular formula is C27H27ClP2Pd+2. The predicted molar refractivity (Wildman–Crippen MR) is 139 cm³/mol. The van der Waals surface area contributed by atoms with Crippen molar-refractivity contribution >= 4 is 48.7 Å². The minimum Gasteiger partial charge on any atom is -0.130 e. The zero-order valence-corrected chi connectivity index (χ0v) is 21.8. The molecule has 0 saturated heterocycles. The molecule has 0 aliphatic rings. The summed E-state index contributed by atoms with van der Waals surface area (Å²) in [6.45, 7) is 2.46. The quantitative estimate of drug-likeness (QED) is 0.146. The van der Waals surface area contributed by atoms with Crippen LogP contribution in [0.15, 0.2) is 121 Å². The van der Waals surface area contributed by atoms with E-state index in [-0.39, 0.29) is 20.4 Å². The molecule has 0 spiro atoms. The minimum absolute atomic E-state index is 0. The van der Waals surface area contributed by atoms with Crippen LogP contribution < -0.4 is 21.2 Å². The molecule has 0 unspecified atom stereocenters. The first-order chi connectivity index (χ1) is 14.8. The summed E-state index contributed by atoms with van der Waals surface area (Å²) in [5, 5.41) is 6.34.